The number of hydrogen-bond acceptors (Lipinski definition) is 5. The van der Waals surface area contributed by atoms with Gasteiger partial charge in [-0.2, -0.15) is 4.31 Å². The molecule has 1 heterocycles. The zero-order valence-corrected chi connectivity index (χ0v) is 17.8. The van der Waals surface area contributed by atoms with Gasteiger partial charge < -0.3 is 9.72 Å². The number of ketones is 1. The van der Waals surface area contributed by atoms with E-state index in [1.165, 1.54) is 23.5 Å². The van der Waals surface area contributed by atoms with E-state index in [2.05, 4.69) is 4.98 Å². The normalized spacial score (nSPS) is 12.8. The van der Waals surface area contributed by atoms with E-state index in [9.17, 15) is 18.0 Å². The number of methoxy groups -OCH3 is 1. The molecule has 0 aliphatic rings. The molecule has 0 spiro atoms. The Hall–Kier alpha value is -2.45. The summed E-state index contributed by atoms with van der Waals surface area (Å²) in [5.74, 6) is -0.953. The fourth-order valence-electron chi connectivity index (χ4n) is 3.26. The Morgan fingerprint density at radius 3 is 2.21 bits per heavy atom. The van der Waals surface area contributed by atoms with Crippen molar-refractivity contribution in [2.75, 3.05) is 13.7 Å². The number of esters is 1. The number of H-pyrrole nitrogens is 1. The smallest absolute Gasteiger partial charge is 0.354 e. The molecule has 0 fully saturated rings. The average molecular weight is 407 g/mol. The molecule has 7 nitrogen and oxygen atoms in total. The van der Waals surface area contributed by atoms with Crippen LogP contribution in [-0.2, 0) is 14.8 Å². The molecule has 0 saturated carbocycles. The standard InChI is InChI=1S/C20H26N2O5S/c1-7-22(28(25,26)16-10-8-12(2)9-11-16)15(5)19(23)17-13(3)18(20(24)27-6)21-14(17)4/h8-11,15,21H,7H2,1-6H3/t15-/m0/s1. The highest BCUT2D eigenvalue weighted by atomic mass is 32.2. The van der Waals surface area contributed by atoms with Crippen molar-refractivity contribution in [2.24, 2.45) is 0 Å². The zero-order chi connectivity index (χ0) is 21.2. The highest BCUT2D eigenvalue weighted by Gasteiger charge is 2.34. The van der Waals surface area contributed by atoms with E-state index < -0.39 is 22.0 Å². The highest BCUT2D eigenvalue weighted by Crippen LogP contribution is 2.25. The molecule has 0 unspecified atom stereocenters. The SMILES string of the molecule is CCN([C@@H](C)C(=O)c1c(C)[nH]c(C(=O)OC)c1C)S(=O)(=O)c1ccc(C)cc1. The predicted molar refractivity (Wildman–Crippen MR) is 106 cm³/mol. The minimum atomic E-state index is -3.85. The molecule has 1 atom stereocenters. The summed E-state index contributed by atoms with van der Waals surface area (Å²) in [4.78, 5) is 28.1. The molecule has 1 aromatic carbocycles. The van der Waals surface area contributed by atoms with E-state index in [1.54, 1.807) is 39.8 Å². The number of nitrogens with zero attached hydrogens (tertiary/aromatic N) is 1. The number of ether oxygens (including phenoxy) is 1. The van der Waals surface area contributed by atoms with Gasteiger partial charge in [-0.05, 0) is 45.4 Å². The molecule has 8 heteroatoms. The topological polar surface area (TPSA) is 96.5 Å². The molecule has 0 amide bonds. The summed E-state index contributed by atoms with van der Waals surface area (Å²) < 4.78 is 32.0. The first kappa shape index (κ1) is 21.8. The number of Topliss-reactive ketones (excluding diaryl/α,β-unsaturated/α-hetero) is 1. The van der Waals surface area contributed by atoms with Crippen LogP contribution in [-0.4, -0.2) is 49.2 Å². The van der Waals surface area contributed by atoms with E-state index >= 15 is 0 Å². The summed E-state index contributed by atoms with van der Waals surface area (Å²) >= 11 is 0. The van der Waals surface area contributed by atoms with Crippen molar-refractivity contribution in [1.82, 2.24) is 9.29 Å². The highest BCUT2D eigenvalue weighted by molar-refractivity contribution is 7.89. The van der Waals surface area contributed by atoms with Gasteiger partial charge in [0.05, 0.1) is 18.0 Å². The number of nitrogens with one attached hydrogen (secondary N) is 1. The summed E-state index contributed by atoms with van der Waals surface area (Å²) in [6, 6.07) is 5.57. The van der Waals surface area contributed by atoms with Crippen molar-refractivity contribution in [3.05, 3.63) is 52.3 Å². The second kappa shape index (κ2) is 8.28. The van der Waals surface area contributed by atoms with Crippen molar-refractivity contribution < 1.29 is 22.7 Å². The number of rotatable bonds is 7. The number of carbonyl (C=O) groups excluding carboxylic acids is 2. The molecule has 0 saturated heterocycles. The Morgan fingerprint density at radius 2 is 1.71 bits per heavy atom. The molecule has 0 aliphatic heterocycles. The van der Waals surface area contributed by atoms with Crippen LogP contribution >= 0.6 is 0 Å². The van der Waals surface area contributed by atoms with Gasteiger partial charge in [0.25, 0.3) is 0 Å². The van der Waals surface area contributed by atoms with Crippen LogP contribution < -0.4 is 0 Å². The maximum Gasteiger partial charge on any atom is 0.354 e. The third kappa shape index (κ3) is 3.88. The van der Waals surface area contributed by atoms with Crippen LogP contribution in [0, 0.1) is 20.8 Å². The van der Waals surface area contributed by atoms with E-state index in [-0.39, 0.29) is 22.9 Å². The van der Waals surface area contributed by atoms with Gasteiger partial charge in [-0.15, -0.1) is 0 Å². The van der Waals surface area contributed by atoms with Crippen molar-refractivity contribution in [2.45, 2.75) is 45.6 Å². The maximum atomic E-state index is 13.2. The Kier molecular flexibility index (Phi) is 6.46. The molecule has 2 aromatic rings. The Morgan fingerprint density at radius 1 is 1.14 bits per heavy atom. The molecule has 152 valence electrons. The third-order valence-electron chi connectivity index (χ3n) is 4.82. The lowest BCUT2D eigenvalue weighted by molar-refractivity contribution is 0.0594. The van der Waals surface area contributed by atoms with Gasteiger partial charge in [-0.25, -0.2) is 13.2 Å². The fourth-order valence-corrected chi connectivity index (χ4v) is 4.87. The molecule has 1 aromatic heterocycles. The lowest BCUT2D eigenvalue weighted by atomic mass is 10.0. The van der Waals surface area contributed by atoms with Gasteiger partial charge in [-0.3, -0.25) is 4.79 Å². The van der Waals surface area contributed by atoms with Crippen molar-refractivity contribution in [3.8, 4) is 0 Å². The molecular weight excluding hydrogens is 380 g/mol. The van der Waals surface area contributed by atoms with Crippen LogP contribution in [0.1, 0.15) is 51.5 Å². The van der Waals surface area contributed by atoms with Gasteiger partial charge in [0.15, 0.2) is 5.78 Å². The molecule has 0 bridgehead atoms. The first-order chi connectivity index (χ1) is 13.1. The van der Waals surface area contributed by atoms with Gasteiger partial charge in [0.2, 0.25) is 10.0 Å². The van der Waals surface area contributed by atoms with Crippen molar-refractivity contribution >= 4 is 21.8 Å². The van der Waals surface area contributed by atoms with Crippen molar-refractivity contribution in [1.29, 1.82) is 0 Å². The van der Waals surface area contributed by atoms with Gasteiger partial charge in [-0.1, -0.05) is 24.6 Å². The van der Waals surface area contributed by atoms with E-state index in [0.29, 0.717) is 16.8 Å². The second-order valence-corrected chi connectivity index (χ2v) is 8.57. The van der Waals surface area contributed by atoms with Crippen LogP contribution in [0.2, 0.25) is 0 Å². The molecule has 0 radical (unpaired) electrons. The molecule has 1 N–H and O–H groups in total. The number of aryl methyl sites for hydroxylation is 2. The quantitative estimate of drug-likeness (QED) is 0.563. The average Bonchev–Trinajstić information content (AvgIpc) is 2.95. The summed E-state index contributed by atoms with van der Waals surface area (Å²) in [7, 11) is -2.59. The lowest BCUT2D eigenvalue weighted by Gasteiger charge is -2.26. The minimum Gasteiger partial charge on any atom is -0.464 e. The number of likely N-dealkylation sites (N-methyl/N-ethyl adjacent to an activating group) is 1. The van der Waals surface area contributed by atoms with Crippen LogP contribution in [0.25, 0.3) is 0 Å². The Bertz CT molecular complexity index is 990. The first-order valence-corrected chi connectivity index (χ1v) is 10.4. The number of aromatic nitrogens is 1. The summed E-state index contributed by atoms with van der Waals surface area (Å²) in [6.07, 6.45) is 0. The van der Waals surface area contributed by atoms with Gasteiger partial charge in [0.1, 0.15) is 5.69 Å². The summed E-state index contributed by atoms with van der Waals surface area (Å²) in [5, 5.41) is 0. The Balaban J connectivity index is 2.44. The number of carbonyl (C=O) groups is 2. The van der Waals surface area contributed by atoms with Crippen LogP contribution in [0.15, 0.2) is 29.2 Å². The van der Waals surface area contributed by atoms with E-state index in [1.807, 2.05) is 6.92 Å². The first-order valence-electron chi connectivity index (χ1n) is 8.96. The molecule has 28 heavy (non-hydrogen) atoms. The minimum absolute atomic E-state index is 0.134. The predicted octanol–water partition coefficient (Wildman–Crippen LogP) is 3.01. The largest absolute Gasteiger partial charge is 0.464 e. The van der Waals surface area contributed by atoms with Crippen LogP contribution in [0.3, 0.4) is 0 Å². The Labute approximate surface area is 165 Å². The molecule has 0 aliphatic carbocycles. The summed E-state index contributed by atoms with van der Waals surface area (Å²) in [5.41, 5.74) is 2.40. The van der Waals surface area contributed by atoms with Crippen molar-refractivity contribution in [3.63, 3.8) is 0 Å². The van der Waals surface area contributed by atoms with Gasteiger partial charge >= 0.3 is 5.97 Å². The second-order valence-electron chi connectivity index (χ2n) is 6.68. The number of sulfonamides is 1. The van der Waals surface area contributed by atoms with Crippen LogP contribution in [0.5, 0.6) is 0 Å². The van der Waals surface area contributed by atoms with E-state index in [0.717, 1.165) is 5.56 Å². The zero-order valence-electron chi connectivity index (χ0n) is 17.0. The van der Waals surface area contributed by atoms with Crippen LogP contribution in [0.4, 0.5) is 0 Å². The number of benzene rings is 1. The molecule has 2 rings (SSSR count). The van der Waals surface area contributed by atoms with Gasteiger partial charge in [0, 0.05) is 17.8 Å². The maximum absolute atomic E-state index is 13.2. The molecular formula is C20H26N2O5S. The van der Waals surface area contributed by atoms with E-state index in [4.69, 9.17) is 4.74 Å². The third-order valence-corrected chi connectivity index (χ3v) is 6.88. The number of aromatic amines is 1. The fraction of sp³-hybridized carbons (Fsp3) is 0.400. The number of hydrogen-bond donors (Lipinski definition) is 1. The lowest BCUT2D eigenvalue weighted by Crippen LogP contribution is -2.43. The summed E-state index contributed by atoms with van der Waals surface area (Å²) in [6.45, 7) is 8.56. The monoisotopic (exact) mass is 406 g/mol.